The summed E-state index contributed by atoms with van der Waals surface area (Å²) < 4.78 is 39.2. The number of rotatable bonds is 1. The summed E-state index contributed by atoms with van der Waals surface area (Å²) in [5.41, 5.74) is 0.0855. The molecule has 0 amide bonds. The molecular weight excluding hydrogens is 267 g/mol. The highest BCUT2D eigenvalue weighted by Crippen LogP contribution is 2.33. The van der Waals surface area contributed by atoms with E-state index >= 15 is 0 Å². The summed E-state index contributed by atoms with van der Waals surface area (Å²) in [5, 5.41) is 9.08. The summed E-state index contributed by atoms with van der Waals surface area (Å²) in [6.45, 7) is 1.35. The van der Waals surface area contributed by atoms with Crippen LogP contribution < -0.4 is 4.74 Å². The first-order valence-corrected chi connectivity index (χ1v) is 4.20. The van der Waals surface area contributed by atoms with Crippen molar-refractivity contribution in [3.63, 3.8) is 0 Å². The molecule has 0 radical (unpaired) electrons. The van der Waals surface area contributed by atoms with E-state index in [1.54, 1.807) is 0 Å². The molecule has 1 rings (SSSR count). The van der Waals surface area contributed by atoms with E-state index in [-0.39, 0.29) is 15.8 Å². The average molecular weight is 272 g/mol. The molecule has 0 saturated carbocycles. The molecule has 14 heavy (non-hydrogen) atoms. The van der Waals surface area contributed by atoms with E-state index in [4.69, 9.17) is 5.11 Å². The Hall–Kier alpha value is -0.980. The van der Waals surface area contributed by atoms with Crippen molar-refractivity contribution < 1.29 is 23.0 Å². The van der Waals surface area contributed by atoms with Crippen LogP contribution in [0.4, 0.5) is 13.2 Å². The van der Waals surface area contributed by atoms with Crippen molar-refractivity contribution in [2.45, 2.75) is 13.3 Å². The Labute approximate surface area is 85.7 Å². The van der Waals surface area contributed by atoms with Gasteiger partial charge in [0.2, 0.25) is 5.88 Å². The molecule has 3 nitrogen and oxygen atoms in total. The van der Waals surface area contributed by atoms with Gasteiger partial charge in [0.15, 0.2) is 0 Å². The first-order valence-electron chi connectivity index (χ1n) is 3.41. The van der Waals surface area contributed by atoms with Crippen LogP contribution in [0.2, 0.25) is 0 Å². The van der Waals surface area contributed by atoms with E-state index in [2.05, 4.69) is 25.7 Å². The molecule has 0 spiro atoms. The van der Waals surface area contributed by atoms with Gasteiger partial charge in [-0.15, -0.1) is 13.2 Å². The predicted octanol–water partition coefficient (Wildman–Crippen LogP) is 2.76. The molecule has 0 aliphatic rings. The fraction of sp³-hybridized carbons (Fsp3) is 0.286. The summed E-state index contributed by atoms with van der Waals surface area (Å²) in [7, 11) is 0. The monoisotopic (exact) mass is 271 g/mol. The van der Waals surface area contributed by atoms with E-state index in [1.165, 1.54) is 6.92 Å². The van der Waals surface area contributed by atoms with Crippen molar-refractivity contribution in [2.24, 2.45) is 0 Å². The lowest BCUT2D eigenvalue weighted by Crippen LogP contribution is -2.18. The minimum Gasteiger partial charge on any atom is -0.505 e. The van der Waals surface area contributed by atoms with Crippen molar-refractivity contribution in [2.75, 3.05) is 0 Å². The molecule has 0 bridgehead atoms. The lowest BCUT2D eigenvalue weighted by atomic mass is 10.3. The molecule has 1 N–H and O–H groups in total. The number of alkyl halides is 3. The Morgan fingerprint density at radius 2 is 2.07 bits per heavy atom. The zero-order valence-electron chi connectivity index (χ0n) is 6.89. The summed E-state index contributed by atoms with van der Waals surface area (Å²) in [6, 6.07) is 0. The molecule has 0 atom stereocenters. The van der Waals surface area contributed by atoms with Crippen LogP contribution in [0, 0.1) is 6.92 Å². The lowest BCUT2D eigenvalue weighted by molar-refractivity contribution is -0.276. The molecule has 0 fully saturated rings. The standard InChI is InChI=1S/C7H5BrF3NO2/c1-3-5(8)4(13)2-12-6(3)14-7(9,10)11/h2,13H,1H3. The Morgan fingerprint density at radius 3 is 2.57 bits per heavy atom. The van der Waals surface area contributed by atoms with E-state index in [0.717, 1.165) is 6.20 Å². The minimum atomic E-state index is -4.78. The summed E-state index contributed by atoms with van der Waals surface area (Å²) in [5.74, 6) is -0.820. The van der Waals surface area contributed by atoms with Gasteiger partial charge in [-0.05, 0) is 22.9 Å². The SMILES string of the molecule is Cc1c(OC(F)(F)F)ncc(O)c1Br. The highest BCUT2D eigenvalue weighted by atomic mass is 79.9. The van der Waals surface area contributed by atoms with Crippen LogP contribution >= 0.6 is 15.9 Å². The Morgan fingerprint density at radius 1 is 1.50 bits per heavy atom. The maximum absolute atomic E-state index is 11.8. The number of ether oxygens (including phenoxy) is 1. The van der Waals surface area contributed by atoms with Gasteiger partial charge in [-0.2, -0.15) is 0 Å². The van der Waals surface area contributed by atoms with Gasteiger partial charge in [0, 0.05) is 5.56 Å². The van der Waals surface area contributed by atoms with Gasteiger partial charge >= 0.3 is 6.36 Å². The number of aromatic hydroxyl groups is 1. The maximum Gasteiger partial charge on any atom is 0.574 e. The van der Waals surface area contributed by atoms with Crippen molar-refractivity contribution in [3.05, 3.63) is 16.2 Å². The van der Waals surface area contributed by atoms with Gasteiger partial charge in [-0.3, -0.25) is 0 Å². The summed E-state index contributed by atoms with van der Waals surface area (Å²) in [4.78, 5) is 3.30. The Kier molecular flexibility index (Phi) is 2.89. The highest BCUT2D eigenvalue weighted by Gasteiger charge is 2.33. The van der Waals surface area contributed by atoms with Crippen LogP contribution in [0.25, 0.3) is 0 Å². The molecule has 7 heteroatoms. The largest absolute Gasteiger partial charge is 0.574 e. The van der Waals surface area contributed by atoms with Crippen LogP contribution in [0.3, 0.4) is 0 Å². The first-order chi connectivity index (χ1) is 6.31. The number of halogens is 4. The second-order valence-corrected chi connectivity index (χ2v) is 3.23. The summed E-state index contributed by atoms with van der Waals surface area (Å²) in [6.07, 6.45) is -3.91. The minimum absolute atomic E-state index is 0.0855. The fourth-order valence-corrected chi connectivity index (χ4v) is 1.04. The van der Waals surface area contributed by atoms with Crippen LogP contribution in [-0.4, -0.2) is 16.5 Å². The highest BCUT2D eigenvalue weighted by molar-refractivity contribution is 9.10. The Balaban J connectivity index is 3.06. The molecule has 0 aliphatic heterocycles. The summed E-state index contributed by atoms with van der Waals surface area (Å²) >= 11 is 2.90. The number of nitrogens with zero attached hydrogens (tertiary/aromatic N) is 1. The van der Waals surface area contributed by atoms with E-state index in [0.29, 0.717) is 0 Å². The quantitative estimate of drug-likeness (QED) is 0.854. The molecule has 1 heterocycles. The number of pyridine rings is 1. The normalized spacial score (nSPS) is 11.5. The fourth-order valence-electron chi connectivity index (χ4n) is 0.772. The van der Waals surface area contributed by atoms with Crippen LogP contribution in [0.1, 0.15) is 5.56 Å². The van der Waals surface area contributed by atoms with E-state index < -0.39 is 12.2 Å². The molecular formula is C7H5BrF3NO2. The van der Waals surface area contributed by atoms with Gasteiger partial charge in [0.05, 0.1) is 10.7 Å². The predicted molar refractivity (Wildman–Crippen MR) is 45.0 cm³/mol. The molecule has 78 valence electrons. The van der Waals surface area contributed by atoms with Crippen LogP contribution in [0.5, 0.6) is 11.6 Å². The van der Waals surface area contributed by atoms with Gasteiger partial charge < -0.3 is 9.84 Å². The molecule has 0 aliphatic carbocycles. The number of hydrogen-bond donors (Lipinski definition) is 1. The van der Waals surface area contributed by atoms with Crippen LogP contribution in [0.15, 0.2) is 10.7 Å². The lowest BCUT2D eigenvalue weighted by Gasteiger charge is -2.11. The number of aromatic nitrogens is 1. The topological polar surface area (TPSA) is 42.4 Å². The molecule has 0 aromatic carbocycles. The van der Waals surface area contributed by atoms with Gasteiger partial charge in [-0.1, -0.05) is 0 Å². The smallest absolute Gasteiger partial charge is 0.505 e. The molecule has 0 unspecified atom stereocenters. The zero-order chi connectivity index (χ0) is 10.9. The number of hydrogen-bond acceptors (Lipinski definition) is 3. The molecule has 0 saturated heterocycles. The first kappa shape index (κ1) is 11.1. The van der Waals surface area contributed by atoms with E-state index in [1.807, 2.05) is 0 Å². The Bertz CT molecular complexity index is 354. The third kappa shape index (κ3) is 2.50. The average Bonchev–Trinajstić information content (AvgIpc) is 2.04. The van der Waals surface area contributed by atoms with Gasteiger partial charge in [-0.25, -0.2) is 4.98 Å². The second kappa shape index (κ2) is 3.64. The zero-order valence-corrected chi connectivity index (χ0v) is 8.48. The maximum atomic E-state index is 11.8. The van der Waals surface area contributed by atoms with Crippen molar-refractivity contribution in [3.8, 4) is 11.6 Å². The molecule has 1 aromatic heterocycles. The van der Waals surface area contributed by atoms with Gasteiger partial charge in [0.25, 0.3) is 0 Å². The second-order valence-electron chi connectivity index (χ2n) is 2.44. The van der Waals surface area contributed by atoms with Crippen molar-refractivity contribution in [1.29, 1.82) is 0 Å². The third-order valence-electron chi connectivity index (χ3n) is 1.39. The van der Waals surface area contributed by atoms with Crippen molar-refractivity contribution >= 4 is 15.9 Å². The third-order valence-corrected chi connectivity index (χ3v) is 2.39. The van der Waals surface area contributed by atoms with E-state index in [9.17, 15) is 13.2 Å². The van der Waals surface area contributed by atoms with Gasteiger partial charge in [0.1, 0.15) is 5.75 Å². The molecule has 1 aromatic rings. The van der Waals surface area contributed by atoms with Crippen LogP contribution in [-0.2, 0) is 0 Å². The van der Waals surface area contributed by atoms with Crippen molar-refractivity contribution in [1.82, 2.24) is 4.98 Å².